The third-order valence-electron chi connectivity index (χ3n) is 2.12. The molecule has 15 heavy (non-hydrogen) atoms. The molecule has 0 spiro atoms. The summed E-state index contributed by atoms with van der Waals surface area (Å²) in [4.78, 5) is 22.5. The molecule has 0 aliphatic carbocycles. The average molecular weight is 211 g/mol. The molecule has 0 unspecified atom stereocenters. The van der Waals surface area contributed by atoms with E-state index in [0.717, 1.165) is 0 Å². The maximum atomic E-state index is 11.7. The standard InChI is InChI=1S/C10H13NO4/c1-7-3-4-11(5-6-15-2)9(12)8(7)10(13)14/h3-4H,5-6H2,1-2H3,(H,13,14). The lowest BCUT2D eigenvalue weighted by molar-refractivity contribution is 0.0693. The highest BCUT2D eigenvalue weighted by Crippen LogP contribution is 2.01. The van der Waals surface area contributed by atoms with Gasteiger partial charge in [-0.15, -0.1) is 0 Å². The van der Waals surface area contributed by atoms with Gasteiger partial charge in [0.2, 0.25) is 0 Å². The largest absolute Gasteiger partial charge is 0.477 e. The maximum absolute atomic E-state index is 11.7. The summed E-state index contributed by atoms with van der Waals surface area (Å²) in [7, 11) is 1.53. The Balaban J connectivity index is 3.17. The van der Waals surface area contributed by atoms with Gasteiger partial charge in [0.25, 0.3) is 5.56 Å². The Hall–Kier alpha value is -1.62. The summed E-state index contributed by atoms with van der Waals surface area (Å²) in [5.41, 5.74) is -0.186. The molecule has 0 bridgehead atoms. The van der Waals surface area contributed by atoms with Crippen LogP contribution >= 0.6 is 0 Å². The summed E-state index contributed by atoms with van der Waals surface area (Å²) in [6.45, 7) is 2.34. The lowest BCUT2D eigenvalue weighted by atomic mass is 10.1. The molecule has 0 fully saturated rings. The summed E-state index contributed by atoms with van der Waals surface area (Å²) in [6.07, 6.45) is 1.57. The number of aromatic nitrogens is 1. The van der Waals surface area contributed by atoms with E-state index in [1.165, 1.54) is 11.7 Å². The number of carboxylic acid groups (broad SMARTS) is 1. The molecule has 1 N–H and O–H groups in total. The normalized spacial score (nSPS) is 10.3. The molecule has 1 rings (SSSR count). The van der Waals surface area contributed by atoms with Crippen molar-refractivity contribution in [2.75, 3.05) is 13.7 Å². The van der Waals surface area contributed by atoms with Crippen LogP contribution in [0.4, 0.5) is 0 Å². The Morgan fingerprint density at radius 1 is 1.60 bits per heavy atom. The zero-order valence-electron chi connectivity index (χ0n) is 8.69. The summed E-state index contributed by atoms with van der Waals surface area (Å²) in [5.74, 6) is -1.19. The Morgan fingerprint density at radius 2 is 2.27 bits per heavy atom. The van der Waals surface area contributed by atoms with E-state index in [2.05, 4.69) is 0 Å². The number of aromatic carboxylic acids is 1. The molecule has 0 saturated heterocycles. The van der Waals surface area contributed by atoms with E-state index in [1.54, 1.807) is 19.2 Å². The molecule has 0 atom stereocenters. The van der Waals surface area contributed by atoms with Gasteiger partial charge < -0.3 is 14.4 Å². The number of rotatable bonds is 4. The summed E-state index contributed by atoms with van der Waals surface area (Å²) in [6, 6.07) is 1.61. The average Bonchev–Trinajstić information content (AvgIpc) is 2.16. The fourth-order valence-corrected chi connectivity index (χ4v) is 1.29. The molecule has 0 radical (unpaired) electrons. The molecule has 0 amide bonds. The van der Waals surface area contributed by atoms with Crippen LogP contribution < -0.4 is 5.56 Å². The molecule has 1 heterocycles. The molecule has 0 aromatic carbocycles. The van der Waals surface area contributed by atoms with Crippen LogP contribution in [0.5, 0.6) is 0 Å². The highest BCUT2D eigenvalue weighted by Gasteiger charge is 2.13. The minimum Gasteiger partial charge on any atom is -0.477 e. The van der Waals surface area contributed by atoms with E-state index >= 15 is 0 Å². The second kappa shape index (κ2) is 4.75. The van der Waals surface area contributed by atoms with Crippen LogP contribution in [0.15, 0.2) is 17.1 Å². The molecule has 0 aliphatic rings. The molecule has 82 valence electrons. The Labute approximate surface area is 86.9 Å². The monoisotopic (exact) mass is 211 g/mol. The van der Waals surface area contributed by atoms with Gasteiger partial charge in [-0.3, -0.25) is 4.79 Å². The highest BCUT2D eigenvalue weighted by atomic mass is 16.5. The fraction of sp³-hybridized carbons (Fsp3) is 0.400. The van der Waals surface area contributed by atoms with E-state index < -0.39 is 11.5 Å². The van der Waals surface area contributed by atoms with Gasteiger partial charge >= 0.3 is 5.97 Å². The first-order valence-electron chi connectivity index (χ1n) is 4.50. The third-order valence-corrected chi connectivity index (χ3v) is 2.12. The SMILES string of the molecule is COCCn1ccc(C)c(C(=O)O)c1=O. The zero-order valence-corrected chi connectivity index (χ0v) is 8.69. The minimum atomic E-state index is -1.19. The lowest BCUT2D eigenvalue weighted by Gasteiger charge is -2.07. The fourth-order valence-electron chi connectivity index (χ4n) is 1.29. The Bertz CT molecular complexity index is 422. The number of pyridine rings is 1. The van der Waals surface area contributed by atoms with Crippen molar-refractivity contribution in [2.45, 2.75) is 13.5 Å². The number of ether oxygens (including phenoxy) is 1. The van der Waals surface area contributed by atoms with Crippen LogP contribution in [0.3, 0.4) is 0 Å². The van der Waals surface area contributed by atoms with Crippen molar-refractivity contribution in [3.8, 4) is 0 Å². The van der Waals surface area contributed by atoms with E-state index in [9.17, 15) is 9.59 Å². The van der Waals surface area contributed by atoms with Gasteiger partial charge in [-0.05, 0) is 18.6 Å². The van der Waals surface area contributed by atoms with Crippen molar-refractivity contribution in [1.29, 1.82) is 0 Å². The van der Waals surface area contributed by atoms with Gasteiger partial charge in [-0.25, -0.2) is 4.79 Å². The minimum absolute atomic E-state index is 0.173. The van der Waals surface area contributed by atoms with Gasteiger partial charge in [0.15, 0.2) is 0 Å². The van der Waals surface area contributed by atoms with Gasteiger partial charge in [-0.1, -0.05) is 0 Å². The zero-order chi connectivity index (χ0) is 11.4. The van der Waals surface area contributed by atoms with Crippen molar-refractivity contribution >= 4 is 5.97 Å². The van der Waals surface area contributed by atoms with Crippen LogP contribution in [-0.4, -0.2) is 29.4 Å². The Kier molecular flexibility index (Phi) is 3.62. The van der Waals surface area contributed by atoms with E-state index in [-0.39, 0.29) is 5.56 Å². The number of hydrogen-bond donors (Lipinski definition) is 1. The summed E-state index contributed by atoms with van der Waals surface area (Å²) in [5, 5.41) is 8.85. The smallest absolute Gasteiger partial charge is 0.341 e. The van der Waals surface area contributed by atoms with Gasteiger partial charge in [-0.2, -0.15) is 0 Å². The van der Waals surface area contributed by atoms with Crippen LogP contribution in [0.1, 0.15) is 15.9 Å². The first kappa shape index (κ1) is 11.5. The predicted molar refractivity (Wildman–Crippen MR) is 54.3 cm³/mol. The van der Waals surface area contributed by atoms with Crippen LogP contribution in [0.25, 0.3) is 0 Å². The number of methoxy groups -OCH3 is 1. The molecular weight excluding hydrogens is 198 g/mol. The number of nitrogens with zero attached hydrogens (tertiary/aromatic N) is 1. The van der Waals surface area contributed by atoms with Crippen molar-refractivity contribution < 1.29 is 14.6 Å². The van der Waals surface area contributed by atoms with E-state index in [1.807, 2.05) is 0 Å². The number of carboxylic acids is 1. The summed E-state index contributed by atoms with van der Waals surface area (Å²) >= 11 is 0. The van der Waals surface area contributed by atoms with E-state index in [4.69, 9.17) is 9.84 Å². The first-order chi connectivity index (χ1) is 7.07. The maximum Gasteiger partial charge on any atom is 0.341 e. The Morgan fingerprint density at radius 3 is 2.80 bits per heavy atom. The molecular formula is C10H13NO4. The van der Waals surface area contributed by atoms with Gasteiger partial charge in [0.05, 0.1) is 6.61 Å². The van der Waals surface area contributed by atoms with Gasteiger partial charge in [0, 0.05) is 19.9 Å². The van der Waals surface area contributed by atoms with Crippen molar-refractivity contribution in [2.24, 2.45) is 0 Å². The van der Waals surface area contributed by atoms with Crippen molar-refractivity contribution in [3.05, 3.63) is 33.7 Å². The summed E-state index contributed by atoms with van der Waals surface area (Å²) < 4.78 is 6.16. The van der Waals surface area contributed by atoms with Crippen molar-refractivity contribution in [3.63, 3.8) is 0 Å². The first-order valence-corrected chi connectivity index (χ1v) is 4.50. The van der Waals surface area contributed by atoms with E-state index in [0.29, 0.717) is 18.7 Å². The highest BCUT2D eigenvalue weighted by molar-refractivity contribution is 5.88. The molecule has 0 aliphatic heterocycles. The lowest BCUT2D eigenvalue weighted by Crippen LogP contribution is -2.28. The molecule has 0 saturated carbocycles. The number of aryl methyl sites for hydroxylation is 1. The third kappa shape index (κ3) is 2.44. The molecule has 1 aromatic rings. The second-order valence-electron chi connectivity index (χ2n) is 3.17. The predicted octanol–water partition coefficient (Wildman–Crippen LogP) is 0.501. The quantitative estimate of drug-likeness (QED) is 0.787. The van der Waals surface area contributed by atoms with Crippen LogP contribution in [0.2, 0.25) is 0 Å². The second-order valence-corrected chi connectivity index (χ2v) is 3.17. The van der Waals surface area contributed by atoms with Crippen LogP contribution in [0, 0.1) is 6.92 Å². The molecule has 5 nitrogen and oxygen atoms in total. The number of carbonyl (C=O) groups is 1. The van der Waals surface area contributed by atoms with Crippen LogP contribution in [-0.2, 0) is 11.3 Å². The van der Waals surface area contributed by atoms with Gasteiger partial charge in [0.1, 0.15) is 5.56 Å². The molecule has 1 aromatic heterocycles. The molecule has 5 heteroatoms. The number of hydrogen-bond acceptors (Lipinski definition) is 3. The van der Waals surface area contributed by atoms with Crippen molar-refractivity contribution in [1.82, 2.24) is 4.57 Å². The topological polar surface area (TPSA) is 68.5 Å².